The Labute approximate surface area is 99.6 Å². The number of fused-ring (bicyclic) bond motifs is 1. The van der Waals surface area contributed by atoms with Crippen LogP contribution in [-0.4, -0.2) is 43.0 Å². The zero-order valence-electron chi connectivity index (χ0n) is 10.2. The van der Waals surface area contributed by atoms with Crippen LogP contribution in [0.25, 0.3) is 11.0 Å². The van der Waals surface area contributed by atoms with E-state index in [0.717, 1.165) is 16.9 Å². The first-order chi connectivity index (χ1) is 8.22. The average molecular weight is 236 g/mol. The number of hydrogen-bond acceptors (Lipinski definition) is 5. The summed E-state index contributed by atoms with van der Waals surface area (Å²) < 4.78 is 10.1. The van der Waals surface area contributed by atoms with E-state index in [1.807, 2.05) is 31.3 Å². The van der Waals surface area contributed by atoms with Gasteiger partial charge in [-0.3, -0.25) is 0 Å². The second-order valence-corrected chi connectivity index (χ2v) is 3.85. The minimum Gasteiger partial charge on any atom is -0.362 e. The van der Waals surface area contributed by atoms with Gasteiger partial charge in [-0.15, -0.1) is 0 Å². The Hall–Kier alpha value is -1.66. The lowest BCUT2D eigenvalue weighted by Gasteiger charge is -2.13. The first kappa shape index (κ1) is 11.8. The van der Waals surface area contributed by atoms with E-state index in [9.17, 15) is 0 Å². The summed E-state index contributed by atoms with van der Waals surface area (Å²) >= 11 is 0. The lowest BCUT2D eigenvalue weighted by Crippen LogP contribution is -2.13. The molecule has 2 aromatic heterocycles. The topological polar surface area (TPSA) is 63.3 Å². The van der Waals surface area contributed by atoms with Gasteiger partial charge < -0.3 is 19.4 Å². The number of anilines is 1. The van der Waals surface area contributed by atoms with Crippen LogP contribution in [0.3, 0.4) is 0 Å². The Morgan fingerprint density at radius 1 is 1.35 bits per heavy atom. The molecule has 0 fully saturated rings. The van der Waals surface area contributed by atoms with Crippen molar-refractivity contribution in [3.63, 3.8) is 0 Å². The van der Waals surface area contributed by atoms with Crippen molar-refractivity contribution in [2.45, 2.75) is 6.61 Å². The summed E-state index contributed by atoms with van der Waals surface area (Å²) in [6.07, 6.45) is 1.85. The number of ether oxygens (including phenoxy) is 2. The first-order valence-corrected chi connectivity index (χ1v) is 5.30. The molecule has 0 aliphatic heterocycles. The maximum absolute atomic E-state index is 5.25. The summed E-state index contributed by atoms with van der Waals surface area (Å²) in [5, 5.41) is 1.01. The summed E-state index contributed by atoms with van der Waals surface area (Å²) in [4.78, 5) is 13.9. The van der Waals surface area contributed by atoms with Gasteiger partial charge in [0.1, 0.15) is 24.9 Å². The van der Waals surface area contributed by atoms with Crippen molar-refractivity contribution in [1.82, 2.24) is 15.0 Å². The van der Waals surface area contributed by atoms with E-state index >= 15 is 0 Å². The van der Waals surface area contributed by atoms with Gasteiger partial charge >= 0.3 is 0 Å². The van der Waals surface area contributed by atoms with Gasteiger partial charge in [-0.1, -0.05) is 0 Å². The minimum absolute atomic E-state index is 0.240. The number of hydrogen-bond donors (Lipinski definition) is 1. The Morgan fingerprint density at radius 3 is 2.88 bits per heavy atom. The predicted molar refractivity (Wildman–Crippen MR) is 64.9 cm³/mol. The van der Waals surface area contributed by atoms with Crippen LogP contribution >= 0.6 is 0 Å². The highest BCUT2D eigenvalue weighted by Gasteiger charge is 2.10. The van der Waals surface area contributed by atoms with Gasteiger partial charge in [-0.05, 0) is 6.07 Å². The molecule has 0 aliphatic carbocycles. The zero-order valence-corrected chi connectivity index (χ0v) is 10.2. The number of methoxy groups -OCH3 is 1. The number of aromatic amines is 1. The summed E-state index contributed by atoms with van der Waals surface area (Å²) in [6, 6.07) is 1.96. The van der Waals surface area contributed by atoms with Crippen LogP contribution < -0.4 is 4.90 Å². The van der Waals surface area contributed by atoms with Gasteiger partial charge in [0.15, 0.2) is 5.82 Å². The van der Waals surface area contributed by atoms with Crippen molar-refractivity contribution in [1.29, 1.82) is 0 Å². The van der Waals surface area contributed by atoms with Crippen molar-refractivity contribution in [2.75, 3.05) is 32.9 Å². The van der Waals surface area contributed by atoms with E-state index < -0.39 is 0 Å². The van der Waals surface area contributed by atoms with Crippen molar-refractivity contribution in [2.24, 2.45) is 0 Å². The third-order valence-corrected chi connectivity index (χ3v) is 2.30. The second-order valence-electron chi connectivity index (χ2n) is 3.85. The minimum atomic E-state index is 0.240. The molecule has 0 saturated carbocycles. The van der Waals surface area contributed by atoms with Crippen LogP contribution in [0.2, 0.25) is 0 Å². The maximum atomic E-state index is 5.25. The van der Waals surface area contributed by atoms with Crippen LogP contribution in [-0.2, 0) is 16.1 Å². The molecule has 0 spiro atoms. The molecule has 0 atom stereocenters. The number of H-pyrrole nitrogens is 1. The fraction of sp³-hybridized carbons (Fsp3) is 0.455. The molecule has 2 heterocycles. The molecule has 1 N–H and O–H groups in total. The summed E-state index contributed by atoms with van der Waals surface area (Å²) in [6.45, 7) is 0.576. The van der Waals surface area contributed by atoms with E-state index in [4.69, 9.17) is 9.47 Å². The van der Waals surface area contributed by atoms with Crippen LogP contribution in [0.5, 0.6) is 0 Å². The van der Waals surface area contributed by atoms with E-state index in [0.29, 0.717) is 12.4 Å². The lowest BCUT2D eigenvalue weighted by atomic mass is 10.3. The van der Waals surface area contributed by atoms with Crippen LogP contribution in [0.4, 0.5) is 5.82 Å². The molecule has 0 aromatic carbocycles. The highest BCUT2D eigenvalue weighted by Crippen LogP contribution is 2.21. The number of nitrogens with one attached hydrogen (secondary N) is 1. The average Bonchev–Trinajstić information content (AvgIpc) is 2.76. The molecule has 2 aromatic rings. The SMILES string of the molecule is COCOCc1nc(N(C)C)c2cc[nH]c2n1. The highest BCUT2D eigenvalue weighted by atomic mass is 16.7. The van der Waals surface area contributed by atoms with Gasteiger partial charge in [0.05, 0.1) is 5.39 Å². The third kappa shape index (κ3) is 2.54. The first-order valence-electron chi connectivity index (χ1n) is 5.30. The molecule has 0 saturated heterocycles. The van der Waals surface area contributed by atoms with E-state index in [1.165, 1.54) is 0 Å². The molecule has 6 heteroatoms. The Balaban J connectivity index is 2.31. The molecule has 0 aliphatic rings. The van der Waals surface area contributed by atoms with Crippen molar-refractivity contribution >= 4 is 16.9 Å². The fourth-order valence-electron chi connectivity index (χ4n) is 1.59. The van der Waals surface area contributed by atoms with Crippen molar-refractivity contribution < 1.29 is 9.47 Å². The van der Waals surface area contributed by atoms with Gasteiger partial charge in [0.25, 0.3) is 0 Å². The van der Waals surface area contributed by atoms with Gasteiger partial charge in [0, 0.05) is 27.4 Å². The molecule has 0 radical (unpaired) electrons. The van der Waals surface area contributed by atoms with E-state index in [1.54, 1.807) is 7.11 Å². The molecule has 2 rings (SSSR count). The summed E-state index contributed by atoms with van der Waals surface area (Å²) in [7, 11) is 5.49. The second kappa shape index (κ2) is 5.11. The van der Waals surface area contributed by atoms with Crippen LogP contribution in [0.15, 0.2) is 12.3 Å². The predicted octanol–water partition coefficient (Wildman–Crippen LogP) is 1.14. The largest absolute Gasteiger partial charge is 0.362 e. The summed E-state index contributed by atoms with van der Waals surface area (Å²) in [5.74, 6) is 1.52. The summed E-state index contributed by atoms with van der Waals surface area (Å²) in [5.41, 5.74) is 0.819. The Morgan fingerprint density at radius 2 is 2.18 bits per heavy atom. The zero-order chi connectivity index (χ0) is 12.3. The molecule has 6 nitrogen and oxygen atoms in total. The quantitative estimate of drug-likeness (QED) is 0.623. The molecular formula is C11H16N4O2. The standard InChI is InChI=1S/C11H16N4O2/c1-15(2)11-8-4-5-12-10(8)13-9(14-11)6-17-7-16-3/h4-5H,6-7H2,1-3H3,(H,12,13,14). The fourth-order valence-corrected chi connectivity index (χ4v) is 1.59. The normalized spacial score (nSPS) is 11.0. The molecule has 0 amide bonds. The highest BCUT2D eigenvalue weighted by molar-refractivity contribution is 5.87. The number of rotatable bonds is 5. The molecule has 0 unspecified atom stereocenters. The molecule has 17 heavy (non-hydrogen) atoms. The van der Waals surface area contributed by atoms with E-state index in [2.05, 4.69) is 15.0 Å². The van der Waals surface area contributed by atoms with Gasteiger partial charge in [-0.2, -0.15) is 0 Å². The van der Waals surface area contributed by atoms with E-state index in [-0.39, 0.29) is 6.79 Å². The Kier molecular flexibility index (Phi) is 3.55. The smallest absolute Gasteiger partial charge is 0.158 e. The molecule has 0 bridgehead atoms. The maximum Gasteiger partial charge on any atom is 0.158 e. The van der Waals surface area contributed by atoms with Crippen LogP contribution in [0.1, 0.15) is 5.82 Å². The van der Waals surface area contributed by atoms with Crippen molar-refractivity contribution in [3.05, 3.63) is 18.1 Å². The van der Waals surface area contributed by atoms with Gasteiger partial charge in [0.2, 0.25) is 0 Å². The van der Waals surface area contributed by atoms with Crippen LogP contribution in [0, 0.1) is 0 Å². The molecule has 92 valence electrons. The van der Waals surface area contributed by atoms with Crippen molar-refractivity contribution in [3.8, 4) is 0 Å². The monoisotopic (exact) mass is 236 g/mol. The lowest BCUT2D eigenvalue weighted by molar-refractivity contribution is -0.0411. The number of nitrogens with zero attached hydrogens (tertiary/aromatic N) is 3. The van der Waals surface area contributed by atoms with Gasteiger partial charge in [-0.25, -0.2) is 9.97 Å². The third-order valence-electron chi connectivity index (χ3n) is 2.30. The number of aromatic nitrogens is 3. The molecular weight excluding hydrogens is 220 g/mol. The Bertz CT molecular complexity index is 495.